The summed E-state index contributed by atoms with van der Waals surface area (Å²) in [4.78, 5) is 13.8. The maximum absolute atomic E-state index is 12.7. The van der Waals surface area contributed by atoms with Crippen LogP contribution >= 0.6 is 0 Å². The monoisotopic (exact) mass is 289 g/mol. The molecule has 0 spiro atoms. The zero-order valence-electron chi connectivity index (χ0n) is 10.9. The van der Waals surface area contributed by atoms with Gasteiger partial charge in [-0.2, -0.15) is 13.2 Å². The van der Waals surface area contributed by atoms with Crippen molar-refractivity contribution in [3.05, 3.63) is 33.9 Å². The third-order valence-corrected chi connectivity index (χ3v) is 3.35. The van der Waals surface area contributed by atoms with Crippen LogP contribution in [0.5, 0.6) is 0 Å². The first-order chi connectivity index (χ1) is 9.29. The lowest BCUT2D eigenvalue weighted by molar-refractivity contribution is -0.388. The molecule has 1 saturated heterocycles. The molecule has 5 nitrogen and oxygen atoms in total. The highest BCUT2D eigenvalue weighted by Crippen LogP contribution is 2.38. The molecule has 1 fully saturated rings. The molecule has 1 aliphatic heterocycles. The van der Waals surface area contributed by atoms with Crippen LogP contribution in [0, 0.1) is 10.1 Å². The van der Waals surface area contributed by atoms with Crippen molar-refractivity contribution >= 4 is 11.4 Å². The van der Waals surface area contributed by atoms with Crippen LogP contribution in [0.1, 0.15) is 5.56 Å². The van der Waals surface area contributed by atoms with Crippen molar-refractivity contribution in [3.8, 4) is 0 Å². The fourth-order valence-corrected chi connectivity index (χ4v) is 2.17. The van der Waals surface area contributed by atoms with Gasteiger partial charge in [-0.1, -0.05) is 0 Å². The van der Waals surface area contributed by atoms with Gasteiger partial charge < -0.3 is 9.80 Å². The molecule has 110 valence electrons. The quantitative estimate of drug-likeness (QED) is 0.619. The molecule has 0 atom stereocenters. The van der Waals surface area contributed by atoms with Crippen molar-refractivity contribution in [3.63, 3.8) is 0 Å². The average Bonchev–Trinajstić information content (AvgIpc) is 2.37. The van der Waals surface area contributed by atoms with E-state index in [2.05, 4.69) is 4.90 Å². The Kier molecular flexibility index (Phi) is 3.85. The third kappa shape index (κ3) is 3.01. The highest BCUT2D eigenvalue weighted by molar-refractivity contribution is 5.58. The molecule has 8 heteroatoms. The molecule has 20 heavy (non-hydrogen) atoms. The minimum absolute atomic E-state index is 0.456. The first-order valence-electron chi connectivity index (χ1n) is 6.08. The summed E-state index contributed by atoms with van der Waals surface area (Å²) in [5.41, 5.74) is -1.65. The molecule has 1 aromatic carbocycles. The largest absolute Gasteiger partial charge is 0.423 e. The predicted molar refractivity (Wildman–Crippen MR) is 67.8 cm³/mol. The number of nitro groups is 1. The van der Waals surface area contributed by atoms with Crippen LogP contribution in [0.15, 0.2) is 18.2 Å². The van der Waals surface area contributed by atoms with Crippen LogP contribution in [-0.4, -0.2) is 43.0 Å². The maximum Gasteiger partial charge on any atom is 0.423 e. The van der Waals surface area contributed by atoms with E-state index in [1.54, 1.807) is 0 Å². The minimum atomic E-state index is -4.72. The Bertz CT molecular complexity index is 511. The Morgan fingerprint density at radius 1 is 1.20 bits per heavy atom. The normalized spacial score (nSPS) is 17.3. The Balaban J connectivity index is 2.33. The standard InChI is InChI=1S/C12H14F3N3O2/c1-16-4-6-17(7-5-16)9-2-3-10(12(13,14)15)11(8-9)18(19)20/h2-3,8H,4-7H2,1H3. The molecule has 0 aromatic heterocycles. The summed E-state index contributed by atoms with van der Waals surface area (Å²) in [5.74, 6) is 0. The van der Waals surface area contributed by atoms with E-state index in [-0.39, 0.29) is 0 Å². The van der Waals surface area contributed by atoms with Crippen LogP contribution in [-0.2, 0) is 6.18 Å². The van der Waals surface area contributed by atoms with Gasteiger partial charge >= 0.3 is 6.18 Å². The number of nitro benzene ring substituents is 1. The number of hydrogen-bond acceptors (Lipinski definition) is 4. The molecule has 0 N–H and O–H groups in total. The number of alkyl halides is 3. The molecule has 0 unspecified atom stereocenters. The summed E-state index contributed by atoms with van der Waals surface area (Å²) >= 11 is 0. The maximum atomic E-state index is 12.7. The van der Waals surface area contributed by atoms with Crippen LogP contribution in [0.2, 0.25) is 0 Å². The number of piperazine rings is 1. The average molecular weight is 289 g/mol. The zero-order chi connectivity index (χ0) is 14.9. The van der Waals surface area contributed by atoms with Gasteiger partial charge in [0.15, 0.2) is 0 Å². The van der Waals surface area contributed by atoms with Gasteiger partial charge in [0, 0.05) is 37.9 Å². The number of rotatable bonds is 2. The summed E-state index contributed by atoms with van der Waals surface area (Å²) in [6.07, 6.45) is -4.72. The molecule has 0 radical (unpaired) electrons. The lowest BCUT2D eigenvalue weighted by Crippen LogP contribution is -2.44. The summed E-state index contributed by atoms with van der Waals surface area (Å²) in [6.45, 7) is 2.82. The van der Waals surface area contributed by atoms with E-state index in [0.717, 1.165) is 25.2 Å². The molecule has 0 saturated carbocycles. The molecule has 2 rings (SSSR count). The molecule has 0 bridgehead atoms. The molecule has 1 heterocycles. The topological polar surface area (TPSA) is 49.6 Å². The fourth-order valence-electron chi connectivity index (χ4n) is 2.17. The molecular weight excluding hydrogens is 275 g/mol. The number of halogens is 3. The lowest BCUT2D eigenvalue weighted by atomic mass is 10.1. The van der Waals surface area contributed by atoms with Crippen molar-refractivity contribution in [1.29, 1.82) is 0 Å². The van der Waals surface area contributed by atoms with Crippen molar-refractivity contribution in [2.75, 3.05) is 38.1 Å². The zero-order valence-corrected chi connectivity index (χ0v) is 10.9. The number of nitrogens with zero attached hydrogens (tertiary/aromatic N) is 3. The Labute approximate surface area is 113 Å². The molecule has 1 aliphatic rings. The Hall–Kier alpha value is -1.83. The highest BCUT2D eigenvalue weighted by Gasteiger charge is 2.38. The summed E-state index contributed by atoms with van der Waals surface area (Å²) in [5, 5.41) is 10.8. The molecule has 0 amide bonds. The lowest BCUT2D eigenvalue weighted by Gasteiger charge is -2.34. The molecular formula is C12H14F3N3O2. The number of likely N-dealkylation sites (N-methyl/N-ethyl adjacent to an activating group) is 1. The number of benzene rings is 1. The van der Waals surface area contributed by atoms with Gasteiger partial charge in [-0.05, 0) is 19.2 Å². The van der Waals surface area contributed by atoms with Crippen molar-refractivity contribution in [2.24, 2.45) is 0 Å². The van der Waals surface area contributed by atoms with Crippen LogP contribution < -0.4 is 4.90 Å². The van der Waals surface area contributed by atoms with Gasteiger partial charge in [0.05, 0.1) is 4.92 Å². The summed E-state index contributed by atoms with van der Waals surface area (Å²) in [7, 11) is 1.95. The Morgan fingerprint density at radius 2 is 1.80 bits per heavy atom. The van der Waals surface area contributed by atoms with Gasteiger partial charge in [0.25, 0.3) is 5.69 Å². The number of hydrogen-bond donors (Lipinski definition) is 0. The smallest absolute Gasteiger partial charge is 0.369 e. The molecule has 1 aromatic rings. The number of anilines is 1. The Morgan fingerprint density at radius 3 is 2.30 bits per heavy atom. The van der Waals surface area contributed by atoms with Gasteiger partial charge in [-0.3, -0.25) is 10.1 Å². The first kappa shape index (κ1) is 14.6. The SMILES string of the molecule is CN1CCN(c2ccc(C(F)(F)F)c([N+](=O)[O-])c2)CC1. The van der Waals surface area contributed by atoms with Gasteiger partial charge in [-0.15, -0.1) is 0 Å². The van der Waals surface area contributed by atoms with Crippen molar-refractivity contribution < 1.29 is 18.1 Å². The first-order valence-corrected chi connectivity index (χ1v) is 6.08. The van der Waals surface area contributed by atoms with E-state index in [0.29, 0.717) is 18.8 Å². The van der Waals surface area contributed by atoms with E-state index in [1.165, 1.54) is 6.07 Å². The second kappa shape index (κ2) is 5.28. The van der Waals surface area contributed by atoms with E-state index in [9.17, 15) is 23.3 Å². The van der Waals surface area contributed by atoms with Crippen LogP contribution in [0.4, 0.5) is 24.5 Å². The minimum Gasteiger partial charge on any atom is -0.369 e. The summed E-state index contributed by atoms with van der Waals surface area (Å²) in [6, 6.07) is 3.08. The third-order valence-electron chi connectivity index (χ3n) is 3.35. The van der Waals surface area contributed by atoms with Crippen molar-refractivity contribution in [2.45, 2.75) is 6.18 Å². The second-order valence-electron chi connectivity index (χ2n) is 4.75. The highest BCUT2D eigenvalue weighted by atomic mass is 19.4. The second-order valence-corrected chi connectivity index (χ2v) is 4.75. The van der Waals surface area contributed by atoms with E-state index < -0.39 is 22.4 Å². The van der Waals surface area contributed by atoms with Gasteiger partial charge in [0.2, 0.25) is 0 Å². The predicted octanol–water partition coefficient (Wildman–Crippen LogP) is 2.37. The summed E-state index contributed by atoms with van der Waals surface area (Å²) < 4.78 is 38.1. The van der Waals surface area contributed by atoms with E-state index in [1.807, 2.05) is 11.9 Å². The van der Waals surface area contributed by atoms with Crippen molar-refractivity contribution in [1.82, 2.24) is 4.90 Å². The van der Waals surface area contributed by atoms with Gasteiger partial charge in [0.1, 0.15) is 5.56 Å². The fraction of sp³-hybridized carbons (Fsp3) is 0.500. The van der Waals surface area contributed by atoms with Gasteiger partial charge in [-0.25, -0.2) is 0 Å². The molecule has 0 aliphatic carbocycles. The van der Waals surface area contributed by atoms with E-state index >= 15 is 0 Å². The van der Waals surface area contributed by atoms with Crippen LogP contribution in [0.25, 0.3) is 0 Å². The van der Waals surface area contributed by atoms with Crippen LogP contribution in [0.3, 0.4) is 0 Å². The van der Waals surface area contributed by atoms with E-state index in [4.69, 9.17) is 0 Å².